The summed E-state index contributed by atoms with van der Waals surface area (Å²) in [6.07, 6.45) is 8.58. The van der Waals surface area contributed by atoms with Crippen molar-refractivity contribution in [2.45, 2.75) is 132 Å². The van der Waals surface area contributed by atoms with Crippen LogP contribution in [0.3, 0.4) is 0 Å². The molecule has 7 heteroatoms. The van der Waals surface area contributed by atoms with Crippen LogP contribution in [0.25, 0.3) is 0 Å². The average Bonchev–Trinajstić information content (AvgIpc) is 3.18. The first kappa shape index (κ1) is 32.8. The normalized spacial score (nSPS) is 39.0. The quantitative estimate of drug-likeness (QED) is 0.181. The molecule has 4 rings (SSSR count). The Bertz CT molecular complexity index is 1170. The Morgan fingerprint density at radius 3 is 2.24 bits per heavy atom. The van der Waals surface area contributed by atoms with Gasteiger partial charge in [0.1, 0.15) is 12.2 Å². The van der Waals surface area contributed by atoms with Crippen LogP contribution in [-0.4, -0.2) is 48.4 Å². The molecule has 0 aromatic rings. The van der Waals surface area contributed by atoms with Gasteiger partial charge in [0.15, 0.2) is 0 Å². The minimum absolute atomic E-state index is 0.0116. The standard InChI is InChI=1S/C35H54O7/c1-20(31(38)39)11-12-26(41-22(3)36)21(2)24-13-18-35(9)30-25(14-17-34(24,35)8)33(7)16-15-29(42-23(4)37)32(5,6)28(33)19-27(30)40-10/h11,21,24,26-29H,12-19H2,1-10H3,(H,38,39)/b20-11-. The number of ether oxygens (including phenoxy) is 3. The highest BCUT2D eigenvalue weighted by Crippen LogP contribution is 2.73. The Balaban J connectivity index is 1.72. The second-order valence-electron chi connectivity index (χ2n) is 15.1. The number of carbonyl (C=O) groups excluding carboxylic acids is 2. The van der Waals surface area contributed by atoms with Crippen LogP contribution in [-0.2, 0) is 28.6 Å². The topological polar surface area (TPSA) is 99.1 Å². The molecule has 42 heavy (non-hydrogen) atoms. The summed E-state index contributed by atoms with van der Waals surface area (Å²) in [5.41, 5.74) is 3.13. The summed E-state index contributed by atoms with van der Waals surface area (Å²) in [4.78, 5) is 35.6. The van der Waals surface area contributed by atoms with Gasteiger partial charge in [-0.15, -0.1) is 0 Å². The van der Waals surface area contributed by atoms with Crippen LogP contribution in [0.4, 0.5) is 0 Å². The Morgan fingerprint density at radius 1 is 1.00 bits per heavy atom. The SMILES string of the molecule is COC1CC2C(C)(CCC(OC(C)=O)C2(C)C)C2=C1C1(C)CCC(C(C)C(C/C=C(/C)C(=O)O)OC(C)=O)C1(C)CC2. The van der Waals surface area contributed by atoms with Crippen LogP contribution in [0.2, 0.25) is 0 Å². The Hall–Kier alpha value is -2.15. The number of allylic oxidation sites excluding steroid dienone is 1. The number of carboxylic acids is 1. The Labute approximate surface area is 252 Å². The van der Waals surface area contributed by atoms with Crippen molar-refractivity contribution in [2.75, 3.05) is 7.11 Å². The lowest BCUT2D eigenvalue weighted by atomic mass is 9.42. The number of hydrogen-bond acceptors (Lipinski definition) is 6. The molecule has 0 aromatic carbocycles. The zero-order chi connectivity index (χ0) is 31.4. The molecule has 0 saturated heterocycles. The molecular weight excluding hydrogens is 532 g/mol. The highest BCUT2D eigenvalue weighted by Gasteiger charge is 2.66. The number of esters is 2. The maximum absolute atomic E-state index is 12.1. The van der Waals surface area contributed by atoms with E-state index in [4.69, 9.17) is 14.2 Å². The molecule has 0 aliphatic heterocycles. The number of carbonyl (C=O) groups is 3. The molecule has 0 aromatic heterocycles. The van der Waals surface area contributed by atoms with Gasteiger partial charge in [0.2, 0.25) is 0 Å². The van der Waals surface area contributed by atoms with Gasteiger partial charge in [-0.2, -0.15) is 0 Å². The van der Waals surface area contributed by atoms with Crippen molar-refractivity contribution >= 4 is 17.9 Å². The second-order valence-corrected chi connectivity index (χ2v) is 15.1. The van der Waals surface area contributed by atoms with Gasteiger partial charge in [-0.05, 0) is 91.4 Å². The molecule has 4 aliphatic rings. The first-order valence-corrected chi connectivity index (χ1v) is 15.9. The van der Waals surface area contributed by atoms with Crippen LogP contribution in [0.1, 0.15) is 114 Å². The van der Waals surface area contributed by atoms with Gasteiger partial charge in [0, 0.05) is 38.4 Å². The number of aliphatic carboxylic acids is 1. The molecule has 9 atom stereocenters. The third kappa shape index (κ3) is 5.16. The molecule has 2 fully saturated rings. The zero-order valence-electron chi connectivity index (χ0n) is 27.6. The summed E-state index contributed by atoms with van der Waals surface area (Å²) < 4.78 is 18.1. The summed E-state index contributed by atoms with van der Waals surface area (Å²) in [6, 6.07) is 0. The molecule has 0 spiro atoms. The smallest absolute Gasteiger partial charge is 0.330 e. The van der Waals surface area contributed by atoms with Gasteiger partial charge in [0.05, 0.1) is 6.10 Å². The van der Waals surface area contributed by atoms with Crippen molar-refractivity contribution in [1.82, 2.24) is 0 Å². The van der Waals surface area contributed by atoms with Crippen molar-refractivity contribution in [3.63, 3.8) is 0 Å². The molecule has 2 saturated carbocycles. The summed E-state index contributed by atoms with van der Waals surface area (Å²) in [5.74, 6) is -0.746. The first-order valence-electron chi connectivity index (χ1n) is 15.9. The predicted octanol–water partition coefficient (Wildman–Crippen LogP) is 7.28. The van der Waals surface area contributed by atoms with Crippen molar-refractivity contribution in [2.24, 2.45) is 39.4 Å². The molecule has 0 radical (unpaired) electrons. The lowest BCUT2D eigenvalue weighted by Crippen LogP contribution is -2.58. The van der Waals surface area contributed by atoms with E-state index in [0.29, 0.717) is 18.3 Å². The van der Waals surface area contributed by atoms with E-state index in [0.717, 1.165) is 44.9 Å². The van der Waals surface area contributed by atoms with Gasteiger partial charge in [-0.25, -0.2) is 4.79 Å². The molecule has 0 heterocycles. The number of hydrogen-bond donors (Lipinski definition) is 1. The summed E-state index contributed by atoms with van der Waals surface area (Å²) >= 11 is 0. The maximum Gasteiger partial charge on any atom is 0.330 e. The average molecular weight is 587 g/mol. The Kier molecular flexibility index (Phi) is 8.90. The maximum atomic E-state index is 12.1. The second kappa shape index (κ2) is 11.4. The van der Waals surface area contributed by atoms with Crippen molar-refractivity contribution in [1.29, 1.82) is 0 Å². The number of carboxylic acid groups (broad SMARTS) is 1. The van der Waals surface area contributed by atoms with Crippen LogP contribution in [0.15, 0.2) is 22.8 Å². The van der Waals surface area contributed by atoms with Gasteiger partial charge < -0.3 is 19.3 Å². The molecule has 236 valence electrons. The molecule has 0 amide bonds. The van der Waals surface area contributed by atoms with Crippen LogP contribution < -0.4 is 0 Å². The van der Waals surface area contributed by atoms with Crippen LogP contribution in [0.5, 0.6) is 0 Å². The number of rotatable bonds is 8. The van der Waals surface area contributed by atoms with E-state index in [9.17, 15) is 19.5 Å². The van der Waals surface area contributed by atoms with E-state index < -0.39 is 5.97 Å². The van der Waals surface area contributed by atoms with Crippen LogP contribution in [0, 0.1) is 39.4 Å². The monoisotopic (exact) mass is 586 g/mol. The highest BCUT2D eigenvalue weighted by atomic mass is 16.5. The van der Waals surface area contributed by atoms with Crippen molar-refractivity contribution in [3.05, 3.63) is 22.8 Å². The molecule has 9 unspecified atom stereocenters. The number of methoxy groups -OCH3 is 1. The predicted molar refractivity (Wildman–Crippen MR) is 162 cm³/mol. The lowest BCUT2D eigenvalue weighted by Gasteiger charge is -2.63. The largest absolute Gasteiger partial charge is 0.478 e. The van der Waals surface area contributed by atoms with Crippen molar-refractivity contribution < 1.29 is 33.7 Å². The van der Waals surface area contributed by atoms with E-state index in [-0.39, 0.29) is 63.4 Å². The summed E-state index contributed by atoms with van der Waals surface area (Å²) in [7, 11) is 1.84. The lowest BCUT2D eigenvalue weighted by molar-refractivity contribution is -0.170. The third-order valence-corrected chi connectivity index (χ3v) is 12.9. The van der Waals surface area contributed by atoms with E-state index in [2.05, 4.69) is 41.5 Å². The summed E-state index contributed by atoms with van der Waals surface area (Å²) in [6.45, 7) is 18.6. The van der Waals surface area contributed by atoms with Gasteiger partial charge in [-0.3, -0.25) is 9.59 Å². The van der Waals surface area contributed by atoms with Crippen LogP contribution >= 0.6 is 0 Å². The minimum Gasteiger partial charge on any atom is -0.478 e. The fraction of sp³-hybridized carbons (Fsp3) is 0.800. The molecule has 1 N–H and O–H groups in total. The van der Waals surface area contributed by atoms with E-state index in [1.807, 2.05) is 7.11 Å². The minimum atomic E-state index is -0.948. The summed E-state index contributed by atoms with van der Waals surface area (Å²) in [5, 5.41) is 9.39. The molecule has 4 aliphatic carbocycles. The number of fused-ring (bicyclic) bond motifs is 4. The molecule has 7 nitrogen and oxygen atoms in total. The van der Waals surface area contributed by atoms with E-state index >= 15 is 0 Å². The molecular formula is C35H54O7. The fourth-order valence-corrected chi connectivity index (χ4v) is 10.3. The first-order chi connectivity index (χ1) is 19.4. The van der Waals surface area contributed by atoms with Gasteiger partial charge in [-0.1, -0.05) is 53.2 Å². The zero-order valence-corrected chi connectivity index (χ0v) is 27.6. The highest BCUT2D eigenvalue weighted by molar-refractivity contribution is 5.85. The van der Waals surface area contributed by atoms with E-state index in [1.165, 1.54) is 19.4 Å². The molecule has 0 bridgehead atoms. The van der Waals surface area contributed by atoms with Gasteiger partial charge >= 0.3 is 17.9 Å². The third-order valence-electron chi connectivity index (χ3n) is 12.9. The Morgan fingerprint density at radius 2 is 1.67 bits per heavy atom. The van der Waals surface area contributed by atoms with Crippen molar-refractivity contribution in [3.8, 4) is 0 Å². The fourth-order valence-electron chi connectivity index (χ4n) is 10.3. The van der Waals surface area contributed by atoms with Gasteiger partial charge in [0.25, 0.3) is 0 Å². The van der Waals surface area contributed by atoms with E-state index in [1.54, 1.807) is 18.6 Å².